The number of halogens is 2. The summed E-state index contributed by atoms with van der Waals surface area (Å²) in [5.74, 6) is 1.59. The molecule has 0 aromatic rings. The molecular formula is C7H6I2. The van der Waals surface area contributed by atoms with E-state index in [0.717, 1.165) is 11.8 Å². The van der Waals surface area contributed by atoms with Crippen molar-refractivity contribution in [3.05, 3.63) is 19.3 Å². The van der Waals surface area contributed by atoms with Crippen molar-refractivity contribution < 1.29 is 0 Å². The van der Waals surface area contributed by atoms with Crippen LogP contribution in [-0.2, 0) is 0 Å². The highest BCUT2D eigenvalue weighted by Crippen LogP contribution is 2.49. The minimum absolute atomic E-state index is 0.794. The molecule has 2 heteroatoms. The lowest BCUT2D eigenvalue weighted by Crippen LogP contribution is -1.85. The third kappa shape index (κ3) is 0.895. The Kier molecular flexibility index (Phi) is 1.64. The summed E-state index contributed by atoms with van der Waals surface area (Å²) in [6.45, 7) is 0. The van der Waals surface area contributed by atoms with Crippen molar-refractivity contribution in [2.24, 2.45) is 11.8 Å². The molecule has 2 unspecified atom stereocenters. The van der Waals surface area contributed by atoms with Gasteiger partial charge in [0.1, 0.15) is 0 Å². The molecule has 2 atom stereocenters. The molecule has 0 fully saturated rings. The van der Waals surface area contributed by atoms with E-state index in [1.165, 1.54) is 6.42 Å². The first-order valence-corrected chi connectivity index (χ1v) is 5.18. The number of hydrogen-bond donors (Lipinski definition) is 0. The number of fused-ring (bicyclic) bond motifs is 2. The van der Waals surface area contributed by atoms with Crippen molar-refractivity contribution >= 4 is 45.2 Å². The molecule has 0 N–H and O–H groups in total. The predicted molar refractivity (Wildman–Crippen MR) is 55.8 cm³/mol. The molecule has 0 aromatic heterocycles. The van der Waals surface area contributed by atoms with Crippen LogP contribution in [0.25, 0.3) is 0 Å². The van der Waals surface area contributed by atoms with Crippen molar-refractivity contribution in [3.63, 3.8) is 0 Å². The van der Waals surface area contributed by atoms with Crippen molar-refractivity contribution in [2.75, 3.05) is 0 Å². The van der Waals surface area contributed by atoms with Crippen molar-refractivity contribution in [1.82, 2.24) is 0 Å². The van der Waals surface area contributed by atoms with Crippen molar-refractivity contribution in [1.29, 1.82) is 0 Å². The molecule has 0 spiro atoms. The lowest BCUT2D eigenvalue weighted by atomic mass is 10.2. The second-order valence-electron chi connectivity index (χ2n) is 2.53. The first kappa shape index (κ1) is 6.64. The van der Waals surface area contributed by atoms with Gasteiger partial charge in [0.05, 0.1) is 0 Å². The van der Waals surface area contributed by atoms with Crippen LogP contribution in [0.4, 0.5) is 0 Å². The maximum atomic E-state index is 2.47. The Labute approximate surface area is 82.1 Å². The van der Waals surface area contributed by atoms with Crippen LogP contribution in [0.1, 0.15) is 6.42 Å². The maximum Gasteiger partial charge on any atom is 0.00927 e. The van der Waals surface area contributed by atoms with Gasteiger partial charge in [0.25, 0.3) is 0 Å². The van der Waals surface area contributed by atoms with Crippen molar-refractivity contribution in [2.45, 2.75) is 6.42 Å². The van der Waals surface area contributed by atoms with Crippen LogP contribution in [0, 0.1) is 11.8 Å². The van der Waals surface area contributed by atoms with E-state index in [-0.39, 0.29) is 0 Å². The summed E-state index contributed by atoms with van der Waals surface area (Å²) >= 11 is 4.94. The largest absolute Gasteiger partial charge is 0.0799 e. The van der Waals surface area contributed by atoms with Gasteiger partial charge in [0.2, 0.25) is 0 Å². The topological polar surface area (TPSA) is 0 Å². The van der Waals surface area contributed by atoms with Gasteiger partial charge in [-0.1, -0.05) is 12.2 Å². The average molecular weight is 344 g/mol. The van der Waals surface area contributed by atoms with Gasteiger partial charge in [-0.3, -0.25) is 0 Å². The second kappa shape index (κ2) is 2.22. The lowest BCUT2D eigenvalue weighted by Gasteiger charge is -2.02. The third-order valence-corrected chi connectivity index (χ3v) is 5.76. The van der Waals surface area contributed by atoms with Crippen LogP contribution in [0.15, 0.2) is 19.3 Å². The van der Waals surface area contributed by atoms with E-state index in [1.54, 1.807) is 7.16 Å². The van der Waals surface area contributed by atoms with E-state index in [9.17, 15) is 0 Å². The standard InChI is InChI=1S/C7H6I2/c8-6-4-1-2-5(3-4)7(6)9/h1-2,4-5H,3H2. The van der Waals surface area contributed by atoms with Crippen molar-refractivity contribution in [3.8, 4) is 0 Å². The number of hydrogen-bond acceptors (Lipinski definition) is 0. The average Bonchev–Trinajstić information content (AvgIpc) is 2.37. The van der Waals surface area contributed by atoms with Crippen LogP contribution < -0.4 is 0 Å². The van der Waals surface area contributed by atoms with E-state index in [0.29, 0.717) is 0 Å². The minimum atomic E-state index is 0.794. The van der Waals surface area contributed by atoms with Gasteiger partial charge < -0.3 is 0 Å². The Bertz CT molecular complexity index is 183. The zero-order chi connectivity index (χ0) is 6.43. The molecule has 0 aromatic carbocycles. The number of rotatable bonds is 0. The first-order valence-electron chi connectivity index (χ1n) is 3.02. The fourth-order valence-corrected chi connectivity index (χ4v) is 3.15. The SMILES string of the molecule is IC1=C(I)C2C=CC1C2. The van der Waals surface area contributed by atoms with Crippen LogP contribution >= 0.6 is 45.2 Å². The Balaban J connectivity index is 2.41. The zero-order valence-corrected chi connectivity index (χ0v) is 9.09. The van der Waals surface area contributed by atoms with Gasteiger partial charge in [-0.2, -0.15) is 0 Å². The maximum absolute atomic E-state index is 2.47. The molecule has 0 saturated heterocycles. The molecule has 0 aliphatic heterocycles. The van der Waals surface area contributed by atoms with E-state index in [1.807, 2.05) is 0 Å². The highest BCUT2D eigenvalue weighted by atomic mass is 127. The summed E-state index contributed by atoms with van der Waals surface area (Å²) < 4.78 is 3.17. The summed E-state index contributed by atoms with van der Waals surface area (Å²) in [4.78, 5) is 0. The lowest BCUT2D eigenvalue weighted by molar-refractivity contribution is 0.728. The van der Waals surface area contributed by atoms with E-state index in [4.69, 9.17) is 0 Å². The molecule has 0 amide bonds. The molecule has 2 rings (SSSR count). The van der Waals surface area contributed by atoms with Gasteiger partial charge >= 0.3 is 0 Å². The van der Waals surface area contributed by atoms with Crippen LogP contribution in [0.2, 0.25) is 0 Å². The smallest absolute Gasteiger partial charge is 0.00927 e. The Morgan fingerprint density at radius 2 is 1.56 bits per heavy atom. The van der Waals surface area contributed by atoms with Crippen LogP contribution in [-0.4, -0.2) is 0 Å². The summed E-state index contributed by atoms with van der Waals surface area (Å²) in [6.07, 6.45) is 6.04. The molecule has 9 heavy (non-hydrogen) atoms. The molecule has 2 aliphatic carbocycles. The Morgan fingerprint density at radius 1 is 1.11 bits per heavy atom. The van der Waals surface area contributed by atoms with E-state index >= 15 is 0 Å². The molecule has 0 saturated carbocycles. The van der Waals surface area contributed by atoms with Gasteiger partial charge in [0.15, 0.2) is 0 Å². The van der Waals surface area contributed by atoms with Gasteiger partial charge in [-0.25, -0.2) is 0 Å². The fourth-order valence-electron chi connectivity index (χ4n) is 1.43. The van der Waals surface area contributed by atoms with Crippen LogP contribution in [0.3, 0.4) is 0 Å². The predicted octanol–water partition coefficient (Wildman–Crippen LogP) is 3.27. The van der Waals surface area contributed by atoms with Gasteiger partial charge in [0, 0.05) is 19.0 Å². The normalized spacial score (nSPS) is 38.9. The Morgan fingerprint density at radius 3 is 1.78 bits per heavy atom. The summed E-state index contributed by atoms with van der Waals surface area (Å²) in [5.41, 5.74) is 0. The molecule has 2 aliphatic rings. The second-order valence-corrected chi connectivity index (χ2v) is 4.85. The molecule has 0 nitrogen and oxygen atoms in total. The minimum Gasteiger partial charge on any atom is -0.0799 e. The summed E-state index contributed by atoms with van der Waals surface area (Å²) in [6, 6.07) is 0. The monoisotopic (exact) mass is 344 g/mol. The first-order chi connectivity index (χ1) is 4.29. The fraction of sp³-hybridized carbons (Fsp3) is 0.429. The molecule has 0 radical (unpaired) electrons. The summed E-state index contributed by atoms with van der Waals surface area (Å²) in [7, 11) is 0. The Hall–Kier alpha value is 0.940. The highest BCUT2D eigenvalue weighted by Gasteiger charge is 2.32. The summed E-state index contributed by atoms with van der Waals surface area (Å²) in [5, 5.41) is 0. The molecular weight excluding hydrogens is 338 g/mol. The van der Waals surface area contributed by atoms with Gasteiger partial charge in [-0.05, 0) is 51.6 Å². The third-order valence-electron chi connectivity index (χ3n) is 1.96. The zero-order valence-electron chi connectivity index (χ0n) is 4.77. The van der Waals surface area contributed by atoms with E-state index < -0.39 is 0 Å². The highest BCUT2D eigenvalue weighted by molar-refractivity contribution is 14.1. The molecule has 2 bridgehead atoms. The number of allylic oxidation sites excluding steroid dienone is 4. The van der Waals surface area contributed by atoms with Gasteiger partial charge in [-0.15, -0.1) is 0 Å². The molecule has 0 heterocycles. The quantitative estimate of drug-likeness (QED) is 0.468. The van der Waals surface area contributed by atoms with E-state index in [2.05, 4.69) is 57.3 Å². The van der Waals surface area contributed by atoms with Crippen LogP contribution in [0.5, 0.6) is 0 Å². The molecule has 48 valence electrons.